The smallest absolute Gasteiger partial charge is 0.410 e. The van der Waals surface area contributed by atoms with Crippen LogP contribution in [0.5, 0.6) is 0 Å². The minimum absolute atomic E-state index is 0.0247. The highest BCUT2D eigenvalue weighted by molar-refractivity contribution is 6.01. The van der Waals surface area contributed by atoms with Crippen molar-refractivity contribution in [2.45, 2.75) is 24.4 Å². The molecule has 5 atom stereocenters. The molecule has 0 spiro atoms. The Bertz CT molecular complexity index is 467. The fourth-order valence-electron chi connectivity index (χ4n) is 3.28. The van der Waals surface area contributed by atoms with E-state index in [2.05, 4.69) is 0 Å². The maximum absolute atomic E-state index is 12.0. The molecular formula is C10H12N2O7. The van der Waals surface area contributed by atoms with Crippen LogP contribution in [-0.2, 0) is 9.53 Å². The van der Waals surface area contributed by atoms with Gasteiger partial charge in [-0.15, -0.1) is 0 Å². The van der Waals surface area contributed by atoms with Crippen molar-refractivity contribution >= 4 is 18.0 Å². The number of ether oxygens (including phenoxy) is 1. The van der Waals surface area contributed by atoms with Gasteiger partial charge in [0.05, 0.1) is 19.3 Å². The lowest BCUT2D eigenvalue weighted by molar-refractivity contribution is -0.202. The van der Waals surface area contributed by atoms with Crippen LogP contribution < -0.4 is 0 Å². The average molecular weight is 272 g/mol. The molecule has 0 aromatic rings. The van der Waals surface area contributed by atoms with Crippen LogP contribution in [0.3, 0.4) is 0 Å². The molecule has 3 aliphatic rings. The molecule has 1 saturated carbocycles. The lowest BCUT2D eigenvalue weighted by Gasteiger charge is -2.52. The molecule has 1 aliphatic carbocycles. The van der Waals surface area contributed by atoms with Crippen LogP contribution in [0.15, 0.2) is 0 Å². The minimum Gasteiger partial charge on any atom is -0.465 e. The normalized spacial score (nSPS) is 39.8. The van der Waals surface area contributed by atoms with Gasteiger partial charge in [-0.05, 0) is 0 Å². The number of aliphatic hydroxyl groups excluding tert-OH is 1. The summed E-state index contributed by atoms with van der Waals surface area (Å²) in [5, 5.41) is 27.3. The fraction of sp³-hybridized carbons (Fsp3) is 0.700. The van der Waals surface area contributed by atoms with E-state index in [-0.39, 0.29) is 6.54 Å². The first-order valence-electron chi connectivity index (χ1n) is 5.78. The maximum atomic E-state index is 12.0. The van der Waals surface area contributed by atoms with Gasteiger partial charge in [0.2, 0.25) is 0 Å². The number of nitrogens with zero attached hydrogens (tertiary/aromatic N) is 2. The lowest BCUT2D eigenvalue weighted by atomic mass is 9.70. The molecule has 0 radical (unpaired) electrons. The van der Waals surface area contributed by atoms with E-state index in [0.717, 1.165) is 9.80 Å². The number of aliphatic hydroxyl groups is 1. The fourth-order valence-corrected chi connectivity index (χ4v) is 3.28. The Labute approximate surface area is 107 Å². The summed E-state index contributed by atoms with van der Waals surface area (Å²) in [7, 11) is 0. The molecule has 2 saturated heterocycles. The van der Waals surface area contributed by atoms with Crippen LogP contribution in [-0.4, -0.2) is 80.7 Å². The van der Waals surface area contributed by atoms with Crippen molar-refractivity contribution in [2.24, 2.45) is 5.92 Å². The van der Waals surface area contributed by atoms with Crippen LogP contribution >= 0.6 is 0 Å². The van der Waals surface area contributed by atoms with E-state index in [1.54, 1.807) is 0 Å². The van der Waals surface area contributed by atoms with E-state index >= 15 is 0 Å². The van der Waals surface area contributed by atoms with E-state index in [1.807, 2.05) is 0 Å². The first kappa shape index (κ1) is 12.2. The third-order valence-corrected chi connectivity index (χ3v) is 4.02. The number of ketones is 1. The molecule has 2 amide bonds. The summed E-state index contributed by atoms with van der Waals surface area (Å²) < 4.78 is 5.40. The van der Waals surface area contributed by atoms with Gasteiger partial charge in [-0.1, -0.05) is 0 Å². The summed E-state index contributed by atoms with van der Waals surface area (Å²) in [4.78, 5) is 36.0. The molecule has 0 aromatic heterocycles. The molecule has 2 heterocycles. The Hall–Kier alpha value is -1.87. The summed E-state index contributed by atoms with van der Waals surface area (Å²) >= 11 is 0. The average Bonchev–Trinajstić information content (AvgIpc) is 2.72. The van der Waals surface area contributed by atoms with Gasteiger partial charge in [0, 0.05) is 5.92 Å². The van der Waals surface area contributed by atoms with Crippen molar-refractivity contribution < 1.29 is 34.4 Å². The van der Waals surface area contributed by atoms with Crippen molar-refractivity contribution in [2.75, 3.05) is 13.2 Å². The quantitative estimate of drug-likeness (QED) is 0.536. The standard InChI is InChI=1S/C10H12N2O7/c13-2-4-12(10(17)18)7-5-3(19-4)1-11(9(15)16)6(5)8(7)14/h3-7,13H,1-2H2,(H,15,16)(H,17,18)/t3-,4?,5-,6-,7?/m0/s1. The zero-order valence-electron chi connectivity index (χ0n) is 9.67. The van der Waals surface area contributed by atoms with Crippen molar-refractivity contribution in [3.63, 3.8) is 0 Å². The van der Waals surface area contributed by atoms with Crippen molar-refractivity contribution in [1.29, 1.82) is 0 Å². The lowest BCUT2D eigenvalue weighted by Crippen LogP contribution is -2.73. The molecule has 3 fully saturated rings. The molecule has 0 bridgehead atoms. The predicted octanol–water partition coefficient (Wildman–Crippen LogP) is -1.39. The highest BCUT2D eigenvalue weighted by atomic mass is 16.5. The zero-order chi connectivity index (χ0) is 13.9. The van der Waals surface area contributed by atoms with Gasteiger partial charge in [-0.2, -0.15) is 0 Å². The number of hydrogen-bond donors (Lipinski definition) is 3. The summed E-state index contributed by atoms with van der Waals surface area (Å²) in [6.07, 6.45) is -4.25. The Kier molecular flexibility index (Phi) is 2.44. The van der Waals surface area contributed by atoms with Gasteiger partial charge >= 0.3 is 12.2 Å². The monoisotopic (exact) mass is 272 g/mol. The number of Topliss-reactive ketones (excluding diaryl/α,β-unsaturated/α-hetero) is 1. The predicted molar refractivity (Wildman–Crippen MR) is 56.4 cm³/mol. The molecule has 3 N–H and O–H groups in total. The maximum Gasteiger partial charge on any atom is 0.410 e. The second-order valence-corrected chi connectivity index (χ2v) is 4.81. The molecular weight excluding hydrogens is 260 g/mol. The number of carbonyl (C=O) groups excluding carboxylic acids is 1. The second-order valence-electron chi connectivity index (χ2n) is 4.81. The first-order chi connectivity index (χ1) is 8.97. The van der Waals surface area contributed by atoms with Gasteiger partial charge in [0.1, 0.15) is 12.1 Å². The molecule has 3 rings (SSSR count). The molecule has 9 nitrogen and oxygen atoms in total. The number of carboxylic acid groups (broad SMARTS) is 2. The van der Waals surface area contributed by atoms with Crippen molar-refractivity contribution in [1.82, 2.24) is 9.80 Å². The largest absolute Gasteiger partial charge is 0.465 e. The van der Waals surface area contributed by atoms with Gasteiger partial charge in [0.15, 0.2) is 12.0 Å². The van der Waals surface area contributed by atoms with Gasteiger partial charge < -0.3 is 20.1 Å². The Balaban J connectivity index is 1.93. The molecule has 2 unspecified atom stereocenters. The van der Waals surface area contributed by atoms with E-state index in [1.165, 1.54) is 0 Å². The van der Waals surface area contributed by atoms with Crippen LogP contribution in [0.4, 0.5) is 9.59 Å². The van der Waals surface area contributed by atoms with E-state index < -0.39 is 54.9 Å². The van der Waals surface area contributed by atoms with Crippen LogP contribution in [0.25, 0.3) is 0 Å². The summed E-state index contributed by atoms with van der Waals surface area (Å²) in [5.74, 6) is -0.915. The third kappa shape index (κ3) is 1.39. The molecule has 9 heteroatoms. The number of hydrogen-bond acceptors (Lipinski definition) is 5. The molecule has 104 valence electrons. The van der Waals surface area contributed by atoms with E-state index in [0.29, 0.717) is 0 Å². The Morgan fingerprint density at radius 1 is 1.26 bits per heavy atom. The summed E-state index contributed by atoms with van der Waals surface area (Å²) in [6, 6.07) is -1.74. The van der Waals surface area contributed by atoms with Gasteiger partial charge in [-0.3, -0.25) is 14.6 Å². The molecule has 2 aliphatic heterocycles. The van der Waals surface area contributed by atoms with Crippen LogP contribution in [0.2, 0.25) is 0 Å². The summed E-state index contributed by atoms with van der Waals surface area (Å²) in [6.45, 7) is -0.548. The van der Waals surface area contributed by atoms with Crippen molar-refractivity contribution in [3.8, 4) is 0 Å². The highest BCUT2D eigenvalue weighted by Crippen LogP contribution is 2.46. The summed E-state index contributed by atoms with van der Waals surface area (Å²) in [5.41, 5.74) is 0. The number of rotatable bonds is 1. The highest BCUT2D eigenvalue weighted by Gasteiger charge is 2.68. The van der Waals surface area contributed by atoms with Gasteiger partial charge in [-0.25, -0.2) is 9.59 Å². The molecule has 19 heavy (non-hydrogen) atoms. The van der Waals surface area contributed by atoms with Crippen molar-refractivity contribution in [3.05, 3.63) is 0 Å². The molecule has 0 aromatic carbocycles. The Morgan fingerprint density at radius 3 is 2.47 bits per heavy atom. The topological polar surface area (TPSA) is 128 Å². The first-order valence-corrected chi connectivity index (χ1v) is 5.78. The number of likely N-dealkylation sites (tertiary alicyclic amines) is 1. The number of carbonyl (C=O) groups is 3. The minimum atomic E-state index is -1.36. The van der Waals surface area contributed by atoms with E-state index in [4.69, 9.17) is 20.1 Å². The zero-order valence-corrected chi connectivity index (χ0v) is 9.67. The second kappa shape index (κ2) is 3.81. The van der Waals surface area contributed by atoms with Crippen LogP contribution in [0.1, 0.15) is 0 Å². The Morgan fingerprint density at radius 2 is 1.95 bits per heavy atom. The number of amides is 2. The van der Waals surface area contributed by atoms with Gasteiger partial charge in [0.25, 0.3) is 0 Å². The SMILES string of the molecule is O=C1C2[C@H]3[C@H](CN(C(=O)O)[C@H]13)OC(CO)N2C(=O)O. The third-order valence-electron chi connectivity index (χ3n) is 4.02. The van der Waals surface area contributed by atoms with E-state index in [9.17, 15) is 14.4 Å². The van der Waals surface area contributed by atoms with Crippen LogP contribution in [0, 0.1) is 5.92 Å².